The van der Waals surface area contributed by atoms with E-state index in [0.717, 1.165) is 5.56 Å². The van der Waals surface area contributed by atoms with Gasteiger partial charge in [0.15, 0.2) is 0 Å². The Labute approximate surface area is 99.5 Å². The maximum absolute atomic E-state index is 11.6. The number of aliphatic hydroxyl groups is 1. The summed E-state index contributed by atoms with van der Waals surface area (Å²) in [6.45, 7) is -0.0364. The van der Waals surface area contributed by atoms with E-state index in [-0.39, 0.29) is 12.4 Å². The number of hydrogen-bond donors (Lipinski definition) is 1. The monoisotopic (exact) mass is 234 g/mol. The predicted molar refractivity (Wildman–Crippen MR) is 62.0 cm³/mol. The van der Waals surface area contributed by atoms with E-state index in [2.05, 4.69) is 0 Å². The van der Waals surface area contributed by atoms with Gasteiger partial charge in [-0.3, -0.25) is 0 Å². The first-order valence-electron chi connectivity index (χ1n) is 5.43. The van der Waals surface area contributed by atoms with Crippen molar-refractivity contribution >= 4 is 11.5 Å². The van der Waals surface area contributed by atoms with Gasteiger partial charge in [-0.15, -0.1) is 0 Å². The van der Waals surface area contributed by atoms with Crippen LogP contribution in [0.1, 0.15) is 12.0 Å². The Bertz CT molecular complexity index is 436. The minimum Gasteiger partial charge on any atom is -0.490 e. The summed E-state index contributed by atoms with van der Waals surface area (Å²) in [5.41, 5.74) is 1.60. The molecule has 0 spiro atoms. The van der Waals surface area contributed by atoms with Gasteiger partial charge in [0.1, 0.15) is 6.10 Å². The van der Waals surface area contributed by atoms with Crippen LogP contribution in [0.2, 0.25) is 0 Å². The van der Waals surface area contributed by atoms with E-state index >= 15 is 0 Å². The highest BCUT2D eigenvalue weighted by Gasteiger charge is 2.35. The topological polar surface area (TPSA) is 55.8 Å². The lowest BCUT2D eigenvalue weighted by atomic mass is 9.99. The molecule has 17 heavy (non-hydrogen) atoms. The highest BCUT2D eigenvalue weighted by molar-refractivity contribution is 6.00. The number of rotatable bonds is 4. The second-order valence-corrected chi connectivity index (χ2v) is 3.72. The number of carbonyl (C=O) groups excluding carboxylic acids is 1. The first-order chi connectivity index (χ1) is 8.27. The SMILES string of the molecule is COC1=C(c2ccccc2)C(CCO)OC1=O. The van der Waals surface area contributed by atoms with Crippen molar-refractivity contribution in [3.05, 3.63) is 41.7 Å². The smallest absolute Gasteiger partial charge is 0.374 e. The predicted octanol–water partition coefficient (Wildman–Crippen LogP) is 1.35. The Morgan fingerprint density at radius 1 is 1.35 bits per heavy atom. The average Bonchev–Trinajstić information content (AvgIpc) is 2.67. The molecule has 0 amide bonds. The van der Waals surface area contributed by atoms with Crippen molar-refractivity contribution in [2.45, 2.75) is 12.5 Å². The van der Waals surface area contributed by atoms with E-state index in [0.29, 0.717) is 12.0 Å². The molecule has 0 saturated heterocycles. The third-order valence-electron chi connectivity index (χ3n) is 2.68. The van der Waals surface area contributed by atoms with Gasteiger partial charge in [-0.1, -0.05) is 30.3 Å². The Hall–Kier alpha value is -1.81. The number of benzene rings is 1. The van der Waals surface area contributed by atoms with Crippen LogP contribution in [0, 0.1) is 0 Å². The maximum Gasteiger partial charge on any atom is 0.374 e. The number of methoxy groups -OCH3 is 1. The number of hydrogen-bond acceptors (Lipinski definition) is 4. The normalized spacial score (nSPS) is 19.4. The molecule has 0 bridgehead atoms. The van der Waals surface area contributed by atoms with Crippen LogP contribution in [0.4, 0.5) is 0 Å². The fraction of sp³-hybridized carbons (Fsp3) is 0.308. The molecule has 1 aliphatic rings. The number of esters is 1. The number of ether oxygens (including phenoxy) is 2. The molecule has 0 fully saturated rings. The van der Waals surface area contributed by atoms with Crippen LogP contribution < -0.4 is 0 Å². The fourth-order valence-electron chi connectivity index (χ4n) is 1.95. The minimum absolute atomic E-state index is 0.0364. The summed E-state index contributed by atoms with van der Waals surface area (Å²) in [4.78, 5) is 11.6. The molecule has 4 heteroatoms. The van der Waals surface area contributed by atoms with E-state index in [4.69, 9.17) is 14.6 Å². The van der Waals surface area contributed by atoms with Gasteiger partial charge in [-0.25, -0.2) is 4.79 Å². The maximum atomic E-state index is 11.6. The van der Waals surface area contributed by atoms with E-state index in [1.54, 1.807) is 0 Å². The van der Waals surface area contributed by atoms with Crippen molar-refractivity contribution < 1.29 is 19.4 Å². The van der Waals surface area contributed by atoms with E-state index in [1.807, 2.05) is 30.3 Å². The van der Waals surface area contributed by atoms with Crippen LogP contribution >= 0.6 is 0 Å². The highest BCUT2D eigenvalue weighted by Crippen LogP contribution is 2.33. The van der Waals surface area contributed by atoms with Gasteiger partial charge in [0, 0.05) is 18.6 Å². The van der Waals surface area contributed by atoms with Crippen LogP contribution in [0.5, 0.6) is 0 Å². The van der Waals surface area contributed by atoms with Crippen molar-refractivity contribution in [3.63, 3.8) is 0 Å². The van der Waals surface area contributed by atoms with Gasteiger partial charge in [-0.05, 0) is 5.56 Å². The first kappa shape index (κ1) is 11.7. The zero-order chi connectivity index (χ0) is 12.3. The van der Waals surface area contributed by atoms with Crippen LogP contribution in [0.3, 0.4) is 0 Å². The van der Waals surface area contributed by atoms with Crippen molar-refractivity contribution in [1.82, 2.24) is 0 Å². The molecular formula is C13H14O4. The lowest BCUT2D eigenvalue weighted by molar-refractivity contribution is -0.142. The standard InChI is InChI=1S/C13H14O4/c1-16-12-11(9-5-3-2-4-6-9)10(7-8-14)17-13(12)15/h2-6,10,14H,7-8H2,1H3. The van der Waals surface area contributed by atoms with Crippen molar-refractivity contribution in [2.75, 3.05) is 13.7 Å². The summed E-state index contributed by atoms with van der Waals surface area (Å²) in [5, 5.41) is 8.98. The van der Waals surface area contributed by atoms with Crippen LogP contribution in [0.25, 0.3) is 5.57 Å². The molecule has 0 radical (unpaired) electrons. The van der Waals surface area contributed by atoms with E-state index < -0.39 is 12.1 Å². The summed E-state index contributed by atoms with van der Waals surface area (Å²) in [6.07, 6.45) is -0.0483. The van der Waals surface area contributed by atoms with Crippen LogP contribution in [-0.4, -0.2) is 30.9 Å². The first-order valence-corrected chi connectivity index (χ1v) is 5.43. The van der Waals surface area contributed by atoms with E-state index in [9.17, 15) is 4.79 Å². The summed E-state index contributed by atoms with van der Waals surface area (Å²) in [6, 6.07) is 9.44. The minimum atomic E-state index is -0.468. The Kier molecular flexibility index (Phi) is 3.44. The number of cyclic esters (lactones) is 1. The molecule has 1 aliphatic heterocycles. The summed E-state index contributed by atoms with van der Waals surface area (Å²) in [7, 11) is 1.45. The molecule has 4 nitrogen and oxygen atoms in total. The quantitative estimate of drug-likeness (QED) is 0.799. The van der Waals surface area contributed by atoms with Crippen molar-refractivity contribution in [1.29, 1.82) is 0 Å². The highest BCUT2D eigenvalue weighted by atomic mass is 16.6. The molecule has 1 aromatic carbocycles. The van der Waals surface area contributed by atoms with Crippen LogP contribution in [0.15, 0.2) is 36.1 Å². The fourth-order valence-corrected chi connectivity index (χ4v) is 1.95. The molecule has 1 heterocycles. The van der Waals surface area contributed by atoms with Gasteiger partial charge in [0.2, 0.25) is 5.76 Å². The molecule has 2 rings (SSSR count). The van der Waals surface area contributed by atoms with Crippen molar-refractivity contribution in [2.24, 2.45) is 0 Å². The molecule has 0 aliphatic carbocycles. The van der Waals surface area contributed by atoms with Gasteiger partial charge >= 0.3 is 5.97 Å². The van der Waals surface area contributed by atoms with Gasteiger partial charge in [0.25, 0.3) is 0 Å². The van der Waals surface area contributed by atoms with E-state index in [1.165, 1.54) is 7.11 Å². The van der Waals surface area contributed by atoms with Gasteiger partial charge < -0.3 is 14.6 Å². The van der Waals surface area contributed by atoms with Crippen molar-refractivity contribution in [3.8, 4) is 0 Å². The molecule has 1 atom stereocenters. The molecule has 1 aromatic rings. The molecule has 1 unspecified atom stereocenters. The average molecular weight is 234 g/mol. The summed E-state index contributed by atoms with van der Waals surface area (Å²) >= 11 is 0. The Morgan fingerprint density at radius 3 is 2.65 bits per heavy atom. The lowest BCUT2D eigenvalue weighted by Crippen LogP contribution is -2.13. The third kappa shape index (κ3) is 2.17. The van der Waals surface area contributed by atoms with Crippen LogP contribution in [-0.2, 0) is 14.3 Å². The van der Waals surface area contributed by atoms with Gasteiger partial charge in [0.05, 0.1) is 7.11 Å². The second-order valence-electron chi connectivity index (χ2n) is 3.72. The Morgan fingerprint density at radius 2 is 2.06 bits per heavy atom. The molecular weight excluding hydrogens is 220 g/mol. The zero-order valence-corrected chi connectivity index (χ0v) is 9.55. The largest absolute Gasteiger partial charge is 0.490 e. The molecule has 90 valence electrons. The zero-order valence-electron chi connectivity index (χ0n) is 9.55. The number of aliphatic hydroxyl groups excluding tert-OH is 1. The summed E-state index contributed by atoms with van der Waals surface area (Å²) < 4.78 is 10.3. The van der Waals surface area contributed by atoms with Gasteiger partial charge in [-0.2, -0.15) is 0 Å². The summed E-state index contributed by atoms with van der Waals surface area (Å²) in [5.74, 6) is -0.237. The molecule has 1 N–H and O–H groups in total. The third-order valence-corrected chi connectivity index (χ3v) is 2.68. The molecule has 0 saturated carbocycles. The lowest BCUT2D eigenvalue weighted by Gasteiger charge is -2.12. The molecule has 0 aromatic heterocycles. The second kappa shape index (κ2) is 5.01. The number of carbonyl (C=O) groups is 1. The Balaban J connectivity index is 2.43.